The third kappa shape index (κ3) is 4.17. The number of likely N-dealkylation sites (tertiary alicyclic amines) is 1. The van der Waals surface area contributed by atoms with E-state index in [0.717, 1.165) is 24.2 Å². The average Bonchev–Trinajstić information content (AvgIpc) is 3.47. The van der Waals surface area contributed by atoms with Crippen LogP contribution in [0.1, 0.15) is 35.1 Å². The zero-order chi connectivity index (χ0) is 20.9. The summed E-state index contributed by atoms with van der Waals surface area (Å²) in [5.41, 5.74) is 1.32. The molecule has 2 amide bonds. The normalized spacial score (nSPS) is 15.8. The SMILES string of the molecule is COc1ccc(-c2noc([C@H]3CCCN3C(=O)CNC(=O)c3ccccc3)n2)cc1. The first kappa shape index (κ1) is 19.6. The molecule has 0 bridgehead atoms. The lowest BCUT2D eigenvalue weighted by Gasteiger charge is -2.22. The summed E-state index contributed by atoms with van der Waals surface area (Å²) in [4.78, 5) is 31.1. The van der Waals surface area contributed by atoms with Crippen molar-refractivity contribution in [2.75, 3.05) is 20.2 Å². The van der Waals surface area contributed by atoms with Crippen molar-refractivity contribution in [3.8, 4) is 17.1 Å². The summed E-state index contributed by atoms with van der Waals surface area (Å²) in [5.74, 6) is 1.16. The van der Waals surface area contributed by atoms with Crippen LogP contribution in [0, 0.1) is 0 Å². The molecule has 0 unspecified atom stereocenters. The van der Waals surface area contributed by atoms with E-state index in [9.17, 15) is 9.59 Å². The van der Waals surface area contributed by atoms with Crippen molar-refractivity contribution in [2.24, 2.45) is 0 Å². The van der Waals surface area contributed by atoms with Crippen molar-refractivity contribution in [1.29, 1.82) is 0 Å². The molecule has 0 radical (unpaired) electrons. The first-order chi connectivity index (χ1) is 14.7. The van der Waals surface area contributed by atoms with E-state index >= 15 is 0 Å². The van der Waals surface area contributed by atoms with E-state index in [2.05, 4.69) is 15.5 Å². The maximum absolute atomic E-state index is 12.7. The Labute approximate surface area is 173 Å². The molecule has 154 valence electrons. The Morgan fingerprint density at radius 1 is 1.17 bits per heavy atom. The maximum Gasteiger partial charge on any atom is 0.251 e. The van der Waals surface area contributed by atoms with Gasteiger partial charge in [-0.25, -0.2) is 0 Å². The van der Waals surface area contributed by atoms with Gasteiger partial charge in [0.05, 0.1) is 13.7 Å². The Kier molecular flexibility index (Phi) is 5.74. The van der Waals surface area contributed by atoms with Gasteiger partial charge in [0.25, 0.3) is 5.91 Å². The standard InChI is InChI=1S/C22H22N4O4/c1-29-17-11-9-15(10-12-17)20-24-22(30-25-20)18-8-5-13-26(18)19(27)14-23-21(28)16-6-3-2-4-7-16/h2-4,6-7,9-12,18H,5,8,13-14H2,1H3,(H,23,28)/t18-/m1/s1. The third-order valence-electron chi connectivity index (χ3n) is 5.08. The molecule has 4 rings (SSSR count). The van der Waals surface area contributed by atoms with E-state index < -0.39 is 0 Å². The molecule has 0 aliphatic carbocycles. The highest BCUT2D eigenvalue weighted by molar-refractivity contribution is 5.96. The number of amides is 2. The van der Waals surface area contributed by atoms with Gasteiger partial charge in [0, 0.05) is 17.7 Å². The van der Waals surface area contributed by atoms with Crippen molar-refractivity contribution in [1.82, 2.24) is 20.4 Å². The minimum atomic E-state index is -0.286. The van der Waals surface area contributed by atoms with E-state index in [4.69, 9.17) is 9.26 Å². The smallest absolute Gasteiger partial charge is 0.251 e. The zero-order valence-corrected chi connectivity index (χ0v) is 16.6. The molecule has 0 spiro atoms. The quantitative estimate of drug-likeness (QED) is 0.676. The van der Waals surface area contributed by atoms with Crippen LogP contribution in [-0.2, 0) is 4.79 Å². The van der Waals surface area contributed by atoms with Gasteiger partial charge in [0.15, 0.2) is 0 Å². The molecule has 8 heteroatoms. The number of ether oxygens (including phenoxy) is 1. The molecule has 1 atom stereocenters. The minimum absolute atomic E-state index is 0.0797. The molecule has 0 saturated carbocycles. The van der Waals surface area contributed by atoms with Crippen LogP contribution in [0.4, 0.5) is 0 Å². The number of rotatable bonds is 6. The van der Waals surface area contributed by atoms with Gasteiger partial charge in [-0.1, -0.05) is 23.4 Å². The Bertz CT molecular complexity index is 1020. The van der Waals surface area contributed by atoms with Gasteiger partial charge < -0.3 is 19.5 Å². The minimum Gasteiger partial charge on any atom is -0.497 e. The largest absolute Gasteiger partial charge is 0.497 e. The zero-order valence-electron chi connectivity index (χ0n) is 16.6. The summed E-state index contributed by atoms with van der Waals surface area (Å²) in [6.07, 6.45) is 1.58. The van der Waals surface area contributed by atoms with Gasteiger partial charge in [0.2, 0.25) is 17.6 Å². The third-order valence-corrected chi connectivity index (χ3v) is 5.08. The molecule has 1 fully saturated rings. The highest BCUT2D eigenvalue weighted by Crippen LogP contribution is 2.32. The van der Waals surface area contributed by atoms with Gasteiger partial charge in [-0.3, -0.25) is 9.59 Å². The fraction of sp³-hybridized carbons (Fsp3) is 0.273. The van der Waals surface area contributed by atoms with Crippen LogP contribution in [0.2, 0.25) is 0 Å². The summed E-state index contributed by atoms with van der Waals surface area (Å²) in [6, 6.07) is 15.9. The van der Waals surface area contributed by atoms with Gasteiger partial charge in [0.1, 0.15) is 11.8 Å². The molecular formula is C22H22N4O4. The predicted molar refractivity (Wildman–Crippen MR) is 109 cm³/mol. The molecule has 1 aromatic heterocycles. The average molecular weight is 406 g/mol. The number of hydrogen-bond acceptors (Lipinski definition) is 6. The van der Waals surface area contributed by atoms with Gasteiger partial charge >= 0.3 is 0 Å². The second-order valence-electron chi connectivity index (χ2n) is 6.98. The van der Waals surface area contributed by atoms with Crippen LogP contribution in [0.15, 0.2) is 59.1 Å². The number of nitrogens with zero attached hydrogens (tertiary/aromatic N) is 3. The number of aromatic nitrogens is 2. The van der Waals surface area contributed by atoms with Crippen molar-refractivity contribution in [3.63, 3.8) is 0 Å². The summed E-state index contributed by atoms with van der Waals surface area (Å²) >= 11 is 0. The molecular weight excluding hydrogens is 384 g/mol. The van der Waals surface area contributed by atoms with E-state index in [-0.39, 0.29) is 24.4 Å². The van der Waals surface area contributed by atoms with Crippen molar-refractivity contribution < 1.29 is 18.8 Å². The monoisotopic (exact) mass is 406 g/mol. The van der Waals surface area contributed by atoms with Gasteiger partial charge in [-0.05, 0) is 49.2 Å². The van der Waals surface area contributed by atoms with Crippen molar-refractivity contribution >= 4 is 11.8 Å². The first-order valence-electron chi connectivity index (χ1n) is 9.76. The molecule has 30 heavy (non-hydrogen) atoms. The van der Waals surface area contributed by atoms with E-state index in [0.29, 0.717) is 23.8 Å². The van der Waals surface area contributed by atoms with Gasteiger partial charge in [-0.15, -0.1) is 0 Å². The van der Waals surface area contributed by atoms with Gasteiger partial charge in [-0.2, -0.15) is 4.98 Å². The molecule has 8 nitrogen and oxygen atoms in total. The Morgan fingerprint density at radius 2 is 1.93 bits per heavy atom. The number of carbonyl (C=O) groups is 2. The van der Waals surface area contributed by atoms with Crippen LogP contribution in [-0.4, -0.2) is 47.1 Å². The lowest BCUT2D eigenvalue weighted by Crippen LogP contribution is -2.39. The fourth-order valence-electron chi connectivity index (χ4n) is 3.50. The molecule has 3 aromatic rings. The summed E-state index contributed by atoms with van der Waals surface area (Å²) in [5, 5.41) is 6.74. The van der Waals surface area contributed by atoms with Crippen LogP contribution in [0.3, 0.4) is 0 Å². The second kappa shape index (κ2) is 8.77. The van der Waals surface area contributed by atoms with Crippen LogP contribution >= 0.6 is 0 Å². The van der Waals surface area contributed by atoms with E-state index in [1.54, 1.807) is 36.3 Å². The number of methoxy groups -OCH3 is 1. The molecule has 2 aromatic carbocycles. The summed E-state index contributed by atoms with van der Waals surface area (Å²) in [6.45, 7) is 0.509. The number of hydrogen-bond donors (Lipinski definition) is 1. The maximum atomic E-state index is 12.7. The lowest BCUT2D eigenvalue weighted by atomic mass is 10.2. The van der Waals surface area contributed by atoms with E-state index in [1.807, 2.05) is 30.3 Å². The van der Waals surface area contributed by atoms with E-state index in [1.165, 1.54) is 0 Å². The topological polar surface area (TPSA) is 97.6 Å². The highest BCUT2D eigenvalue weighted by atomic mass is 16.5. The number of benzene rings is 2. The lowest BCUT2D eigenvalue weighted by molar-refractivity contribution is -0.131. The van der Waals surface area contributed by atoms with Crippen LogP contribution in [0.25, 0.3) is 11.4 Å². The van der Waals surface area contributed by atoms with Crippen LogP contribution < -0.4 is 10.1 Å². The predicted octanol–water partition coefficient (Wildman–Crippen LogP) is 2.84. The molecule has 2 heterocycles. The number of nitrogens with one attached hydrogen (secondary N) is 1. The fourth-order valence-corrected chi connectivity index (χ4v) is 3.50. The second-order valence-corrected chi connectivity index (χ2v) is 6.98. The van der Waals surface area contributed by atoms with Crippen molar-refractivity contribution in [3.05, 3.63) is 66.1 Å². The number of carbonyl (C=O) groups excluding carboxylic acids is 2. The summed E-state index contributed by atoms with van der Waals surface area (Å²) < 4.78 is 10.6. The Morgan fingerprint density at radius 3 is 2.67 bits per heavy atom. The molecule has 1 aliphatic heterocycles. The molecule has 1 aliphatic rings. The Hall–Kier alpha value is -3.68. The Balaban J connectivity index is 1.41. The highest BCUT2D eigenvalue weighted by Gasteiger charge is 2.34. The van der Waals surface area contributed by atoms with Crippen molar-refractivity contribution in [2.45, 2.75) is 18.9 Å². The first-order valence-corrected chi connectivity index (χ1v) is 9.76. The molecule has 1 saturated heterocycles. The summed E-state index contributed by atoms with van der Waals surface area (Å²) in [7, 11) is 1.61. The molecule has 1 N–H and O–H groups in total. The van der Waals surface area contributed by atoms with Crippen LogP contribution in [0.5, 0.6) is 5.75 Å².